The molecule has 8 heteroatoms. The smallest absolute Gasteiger partial charge is 0.328 e. The summed E-state index contributed by atoms with van der Waals surface area (Å²) in [6, 6.07) is 1.28. The van der Waals surface area contributed by atoms with Gasteiger partial charge in [0.05, 0.1) is 0 Å². The van der Waals surface area contributed by atoms with E-state index >= 15 is 0 Å². The van der Waals surface area contributed by atoms with E-state index < -0.39 is 11.2 Å². The zero-order chi connectivity index (χ0) is 11.5. The van der Waals surface area contributed by atoms with Crippen LogP contribution in [0.4, 0.5) is 0 Å². The first-order valence-electron chi connectivity index (χ1n) is 4.49. The molecule has 0 saturated carbocycles. The van der Waals surface area contributed by atoms with E-state index in [1.807, 2.05) is 0 Å². The van der Waals surface area contributed by atoms with Crippen LogP contribution < -0.4 is 11.2 Å². The highest BCUT2D eigenvalue weighted by Gasteiger charge is 2.01. The van der Waals surface area contributed by atoms with Crippen molar-refractivity contribution in [3.63, 3.8) is 0 Å². The third kappa shape index (κ3) is 2.34. The lowest BCUT2D eigenvalue weighted by Crippen LogP contribution is -2.29. The molecular formula is C8H8N4O3S. The number of hydrogen-bond donors (Lipinski definition) is 2. The van der Waals surface area contributed by atoms with E-state index in [9.17, 15) is 9.59 Å². The highest BCUT2D eigenvalue weighted by Crippen LogP contribution is 1.96. The molecule has 2 aromatic rings. The molecule has 0 radical (unpaired) electrons. The summed E-state index contributed by atoms with van der Waals surface area (Å²) >= 11 is 4.71. The summed E-state index contributed by atoms with van der Waals surface area (Å²) in [5.74, 6) is 0.420. The standard InChI is InChI=1S/C8H8N4O3S/c13-5-1-3-12(7(14)9-5)4-2-6-10-11-8(16)15-6/h1,3H,2,4H2,(H,11,16)(H,9,13,14). The molecule has 0 aliphatic heterocycles. The van der Waals surface area contributed by atoms with Crippen molar-refractivity contribution in [2.75, 3.05) is 0 Å². The molecule has 0 amide bonds. The Bertz CT molecular complexity index is 650. The van der Waals surface area contributed by atoms with Crippen molar-refractivity contribution in [2.24, 2.45) is 0 Å². The van der Waals surface area contributed by atoms with E-state index in [2.05, 4.69) is 15.2 Å². The van der Waals surface area contributed by atoms with E-state index in [-0.39, 0.29) is 4.84 Å². The fraction of sp³-hybridized carbons (Fsp3) is 0.250. The van der Waals surface area contributed by atoms with Crippen LogP contribution >= 0.6 is 12.2 Å². The van der Waals surface area contributed by atoms with Crippen molar-refractivity contribution < 1.29 is 4.42 Å². The minimum Gasteiger partial charge on any atom is -0.414 e. The number of hydrogen-bond acceptors (Lipinski definition) is 5. The molecule has 16 heavy (non-hydrogen) atoms. The molecular weight excluding hydrogens is 232 g/mol. The largest absolute Gasteiger partial charge is 0.414 e. The predicted octanol–water partition coefficient (Wildman–Crippen LogP) is -0.175. The van der Waals surface area contributed by atoms with Crippen LogP contribution in [-0.4, -0.2) is 19.7 Å². The van der Waals surface area contributed by atoms with Crippen LogP contribution in [-0.2, 0) is 13.0 Å². The van der Waals surface area contributed by atoms with Gasteiger partial charge in [0.15, 0.2) is 0 Å². The van der Waals surface area contributed by atoms with Gasteiger partial charge in [-0.15, -0.1) is 5.10 Å². The molecule has 0 fully saturated rings. The average molecular weight is 240 g/mol. The summed E-state index contributed by atoms with van der Waals surface area (Å²) in [7, 11) is 0. The number of nitrogens with one attached hydrogen (secondary N) is 2. The first kappa shape index (κ1) is 10.6. The van der Waals surface area contributed by atoms with E-state index in [0.717, 1.165) is 0 Å². The SMILES string of the molecule is O=c1ccn(CCc2n[nH]c(=S)o2)c(=O)[nH]1. The number of H-pyrrole nitrogens is 2. The van der Waals surface area contributed by atoms with Gasteiger partial charge < -0.3 is 8.98 Å². The lowest BCUT2D eigenvalue weighted by atomic mass is 10.4. The van der Waals surface area contributed by atoms with Crippen LogP contribution in [0.15, 0.2) is 26.3 Å². The van der Waals surface area contributed by atoms with Crippen molar-refractivity contribution in [2.45, 2.75) is 13.0 Å². The first-order chi connectivity index (χ1) is 7.65. The van der Waals surface area contributed by atoms with Gasteiger partial charge in [-0.25, -0.2) is 9.89 Å². The van der Waals surface area contributed by atoms with Gasteiger partial charge in [-0.05, 0) is 12.2 Å². The predicted molar refractivity (Wildman–Crippen MR) is 56.7 cm³/mol. The second-order valence-electron chi connectivity index (χ2n) is 3.06. The van der Waals surface area contributed by atoms with Crippen molar-refractivity contribution in [3.8, 4) is 0 Å². The van der Waals surface area contributed by atoms with E-state index in [0.29, 0.717) is 18.9 Å². The normalized spacial score (nSPS) is 10.5. The molecule has 2 heterocycles. The summed E-state index contributed by atoms with van der Waals surface area (Å²) in [6.45, 7) is 0.360. The second kappa shape index (κ2) is 4.27. The molecule has 0 spiro atoms. The van der Waals surface area contributed by atoms with Crippen LogP contribution in [0.5, 0.6) is 0 Å². The van der Waals surface area contributed by atoms with E-state index in [4.69, 9.17) is 16.6 Å². The van der Waals surface area contributed by atoms with Crippen molar-refractivity contribution in [1.29, 1.82) is 0 Å². The molecule has 0 bridgehead atoms. The van der Waals surface area contributed by atoms with Gasteiger partial charge in [-0.3, -0.25) is 9.78 Å². The average Bonchev–Trinajstić information content (AvgIpc) is 2.63. The van der Waals surface area contributed by atoms with Gasteiger partial charge >= 0.3 is 5.69 Å². The maximum absolute atomic E-state index is 11.3. The first-order valence-corrected chi connectivity index (χ1v) is 4.90. The fourth-order valence-electron chi connectivity index (χ4n) is 1.20. The minimum absolute atomic E-state index is 0.198. The van der Waals surface area contributed by atoms with Crippen LogP contribution in [0, 0.1) is 4.84 Å². The van der Waals surface area contributed by atoms with Crippen LogP contribution in [0.25, 0.3) is 0 Å². The summed E-state index contributed by atoms with van der Waals surface area (Å²) < 4.78 is 6.39. The quantitative estimate of drug-likeness (QED) is 0.726. The van der Waals surface area contributed by atoms with Crippen LogP contribution in [0.1, 0.15) is 5.89 Å². The maximum Gasteiger partial charge on any atom is 0.328 e. The number of rotatable bonds is 3. The number of aromatic nitrogens is 4. The monoisotopic (exact) mass is 240 g/mol. The Morgan fingerprint density at radius 2 is 2.31 bits per heavy atom. The molecule has 0 atom stereocenters. The number of nitrogens with zero attached hydrogens (tertiary/aromatic N) is 2. The maximum atomic E-state index is 11.3. The van der Waals surface area contributed by atoms with Crippen molar-refractivity contribution in [3.05, 3.63) is 43.8 Å². The molecule has 2 aromatic heterocycles. The Morgan fingerprint density at radius 3 is 2.94 bits per heavy atom. The third-order valence-corrected chi connectivity index (χ3v) is 2.12. The Kier molecular flexibility index (Phi) is 2.82. The second-order valence-corrected chi connectivity index (χ2v) is 3.43. The molecule has 0 aliphatic carbocycles. The van der Waals surface area contributed by atoms with Crippen LogP contribution in [0.2, 0.25) is 0 Å². The van der Waals surface area contributed by atoms with E-state index in [1.165, 1.54) is 16.8 Å². The molecule has 0 aromatic carbocycles. The van der Waals surface area contributed by atoms with Crippen molar-refractivity contribution in [1.82, 2.24) is 19.7 Å². The molecule has 0 aliphatic rings. The summed E-state index contributed by atoms with van der Waals surface area (Å²) in [4.78, 5) is 24.4. The van der Waals surface area contributed by atoms with Crippen molar-refractivity contribution >= 4 is 12.2 Å². The van der Waals surface area contributed by atoms with Gasteiger partial charge in [0.2, 0.25) is 5.89 Å². The minimum atomic E-state index is -0.457. The summed E-state index contributed by atoms with van der Waals surface area (Å²) in [6.07, 6.45) is 1.83. The lowest BCUT2D eigenvalue weighted by molar-refractivity contribution is 0.461. The van der Waals surface area contributed by atoms with E-state index in [1.54, 1.807) is 0 Å². The van der Waals surface area contributed by atoms with Gasteiger partial charge in [-0.2, -0.15) is 0 Å². The summed E-state index contributed by atoms with van der Waals surface area (Å²) in [5.41, 5.74) is -0.875. The molecule has 0 unspecified atom stereocenters. The van der Waals surface area contributed by atoms with Crippen LogP contribution in [0.3, 0.4) is 0 Å². The fourth-order valence-corrected chi connectivity index (χ4v) is 1.35. The topological polar surface area (TPSA) is 96.7 Å². The number of aromatic amines is 2. The summed E-state index contributed by atoms with van der Waals surface area (Å²) in [5, 5.41) is 6.28. The highest BCUT2D eigenvalue weighted by atomic mass is 32.1. The molecule has 84 valence electrons. The Morgan fingerprint density at radius 1 is 1.50 bits per heavy atom. The molecule has 2 N–H and O–H groups in total. The Balaban J connectivity index is 2.13. The Labute approximate surface area is 93.8 Å². The zero-order valence-electron chi connectivity index (χ0n) is 8.10. The molecule has 7 nitrogen and oxygen atoms in total. The number of aryl methyl sites for hydroxylation is 2. The Hall–Kier alpha value is -1.96. The van der Waals surface area contributed by atoms with Gasteiger partial charge in [-0.1, -0.05) is 0 Å². The van der Waals surface area contributed by atoms with Gasteiger partial charge in [0.1, 0.15) is 0 Å². The third-order valence-electron chi connectivity index (χ3n) is 1.95. The van der Waals surface area contributed by atoms with Gasteiger partial charge in [0, 0.05) is 25.2 Å². The lowest BCUT2D eigenvalue weighted by Gasteiger charge is -2.00. The zero-order valence-corrected chi connectivity index (χ0v) is 8.91. The highest BCUT2D eigenvalue weighted by molar-refractivity contribution is 7.71. The molecule has 0 saturated heterocycles. The molecule has 2 rings (SSSR count). The van der Waals surface area contributed by atoms with Gasteiger partial charge in [0.25, 0.3) is 10.4 Å².